The molecule has 0 fully saturated rings. The van der Waals surface area contributed by atoms with E-state index in [2.05, 4.69) is 16.2 Å². The largest absolute Gasteiger partial charge is 0.479 e. The summed E-state index contributed by atoms with van der Waals surface area (Å²) in [5, 5.41) is 3.09. The number of carbonyl (C=O) groups is 2. The van der Waals surface area contributed by atoms with Gasteiger partial charge in [0, 0.05) is 8.59 Å². The lowest BCUT2D eigenvalue weighted by atomic mass is 10.2. The van der Waals surface area contributed by atoms with Crippen LogP contribution in [0.3, 0.4) is 0 Å². The van der Waals surface area contributed by atoms with Gasteiger partial charge in [0.1, 0.15) is 5.75 Å². The van der Waals surface area contributed by atoms with E-state index in [1.54, 1.807) is 30.3 Å². The molecule has 3 N–H and O–H groups in total. The zero-order chi connectivity index (χ0) is 20.0. The van der Waals surface area contributed by atoms with Crippen LogP contribution in [0.5, 0.6) is 5.75 Å². The van der Waals surface area contributed by atoms with Gasteiger partial charge in [-0.1, -0.05) is 35.3 Å². The second-order valence-corrected chi connectivity index (χ2v) is 7.63. The molecule has 142 valence electrons. The van der Waals surface area contributed by atoms with Crippen LogP contribution in [0.25, 0.3) is 0 Å². The van der Waals surface area contributed by atoms with Crippen LogP contribution in [0.1, 0.15) is 17.3 Å². The molecule has 0 aliphatic rings. The number of halogens is 3. The van der Waals surface area contributed by atoms with E-state index < -0.39 is 12.0 Å². The minimum absolute atomic E-state index is 0.0723. The molecular formula is C17H14Cl2IN3O3S. The molecule has 0 bridgehead atoms. The van der Waals surface area contributed by atoms with Crippen molar-refractivity contribution in [1.82, 2.24) is 16.2 Å². The number of hydrazine groups is 1. The molecule has 0 aliphatic carbocycles. The second kappa shape index (κ2) is 10.1. The molecule has 2 aromatic carbocycles. The lowest BCUT2D eigenvalue weighted by molar-refractivity contribution is -0.125. The van der Waals surface area contributed by atoms with Crippen LogP contribution in [-0.4, -0.2) is 23.0 Å². The predicted molar refractivity (Wildman–Crippen MR) is 117 cm³/mol. The van der Waals surface area contributed by atoms with Gasteiger partial charge in [0.05, 0.1) is 10.6 Å². The highest BCUT2D eigenvalue weighted by Gasteiger charge is 2.18. The first kappa shape index (κ1) is 21.7. The summed E-state index contributed by atoms with van der Waals surface area (Å²) in [4.78, 5) is 24.3. The molecule has 2 rings (SSSR count). The van der Waals surface area contributed by atoms with Crippen LogP contribution in [0.2, 0.25) is 10.0 Å². The van der Waals surface area contributed by atoms with Crippen molar-refractivity contribution in [2.24, 2.45) is 0 Å². The normalized spacial score (nSPS) is 11.3. The van der Waals surface area contributed by atoms with E-state index in [1.807, 2.05) is 28.7 Å². The first-order chi connectivity index (χ1) is 12.8. The number of hydrogen-bond donors (Lipinski definition) is 3. The summed E-state index contributed by atoms with van der Waals surface area (Å²) in [6.45, 7) is 1.54. The Hall–Kier alpha value is -1.62. The summed E-state index contributed by atoms with van der Waals surface area (Å²) in [6, 6.07) is 11.7. The van der Waals surface area contributed by atoms with Crippen LogP contribution in [0.4, 0.5) is 0 Å². The van der Waals surface area contributed by atoms with Crippen molar-refractivity contribution in [2.75, 3.05) is 0 Å². The van der Waals surface area contributed by atoms with Crippen molar-refractivity contribution in [3.8, 4) is 5.75 Å². The van der Waals surface area contributed by atoms with E-state index in [1.165, 1.54) is 13.0 Å². The monoisotopic (exact) mass is 537 g/mol. The molecule has 0 heterocycles. The molecule has 0 radical (unpaired) electrons. The molecule has 27 heavy (non-hydrogen) atoms. The number of ether oxygens (including phenoxy) is 1. The number of thiocarbonyl (C=S) groups is 1. The fourth-order valence-corrected chi connectivity index (χ4v) is 3.12. The Morgan fingerprint density at radius 2 is 1.85 bits per heavy atom. The summed E-state index contributed by atoms with van der Waals surface area (Å²) in [6.07, 6.45) is -0.880. The van der Waals surface area contributed by atoms with Crippen molar-refractivity contribution in [1.29, 1.82) is 0 Å². The number of carbonyl (C=O) groups excluding carboxylic acids is 2. The molecule has 2 aromatic rings. The fraction of sp³-hybridized carbons (Fsp3) is 0.118. The topological polar surface area (TPSA) is 79.5 Å². The standard InChI is InChI=1S/C17H14Cl2IN3O3S/c1-9(26-14-7-6-10(18)8-12(14)19)15(24)21-17(27)23-22-16(25)11-4-2-3-5-13(11)20/h2-9H,1H3,(H,22,25)(H2,21,23,24,27). The van der Waals surface area contributed by atoms with Crippen molar-refractivity contribution < 1.29 is 14.3 Å². The number of amides is 2. The maximum Gasteiger partial charge on any atom is 0.270 e. The van der Waals surface area contributed by atoms with Gasteiger partial charge in [0.15, 0.2) is 11.2 Å². The third kappa shape index (κ3) is 6.49. The van der Waals surface area contributed by atoms with Crippen molar-refractivity contribution in [3.63, 3.8) is 0 Å². The Kier molecular flexibility index (Phi) is 8.08. The van der Waals surface area contributed by atoms with Crippen LogP contribution in [0, 0.1) is 3.57 Å². The van der Waals surface area contributed by atoms with Gasteiger partial charge in [-0.25, -0.2) is 0 Å². The number of rotatable bonds is 4. The third-order valence-electron chi connectivity index (χ3n) is 3.21. The summed E-state index contributed by atoms with van der Waals surface area (Å²) in [5.41, 5.74) is 5.38. The number of nitrogens with one attached hydrogen (secondary N) is 3. The maximum absolute atomic E-state index is 12.2. The minimum atomic E-state index is -0.880. The van der Waals surface area contributed by atoms with Gasteiger partial charge in [-0.3, -0.25) is 25.8 Å². The van der Waals surface area contributed by atoms with Gasteiger partial charge in [0.25, 0.3) is 11.8 Å². The Morgan fingerprint density at radius 1 is 1.15 bits per heavy atom. The molecule has 6 nitrogen and oxygen atoms in total. The van der Waals surface area contributed by atoms with E-state index in [9.17, 15) is 9.59 Å². The van der Waals surface area contributed by atoms with Gasteiger partial charge < -0.3 is 4.74 Å². The van der Waals surface area contributed by atoms with E-state index >= 15 is 0 Å². The first-order valence-corrected chi connectivity index (χ1v) is 9.79. The lowest BCUT2D eigenvalue weighted by Gasteiger charge is -2.17. The van der Waals surface area contributed by atoms with Crippen LogP contribution in [-0.2, 0) is 4.79 Å². The summed E-state index contributed by atoms with van der Waals surface area (Å²) < 4.78 is 6.28. The highest BCUT2D eigenvalue weighted by atomic mass is 127. The minimum Gasteiger partial charge on any atom is -0.479 e. The quantitative estimate of drug-likeness (QED) is 0.315. The lowest BCUT2D eigenvalue weighted by Crippen LogP contribution is -2.51. The summed E-state index contributed by atoms with van der Waals surface area (Å²) >= 11 is 18.9. The molecule has 0 saturated heterocycles. The van der Waals surface area contributed by atoms with Gasteiger partial charge in [-0.05, 0) is 72.1 Å². The fourth-order valence-electron chi connectivity index (χ4n) is 1.89. The SMILES string of the molecule is CC(Oc1ccc(Cl)cc1Cl)C(=O)NC(=S)NNC(=O)c1ccccc1I. The first-order valence-electron chi connectivity index (χ1n) is 7.55. The molecular weight excluding hydrogens is 524 g/mol. The molecule has 10 heteroatoms. The van der Waals surface area contributed by atoms with E-state index in [0.717, 1.165) is 3.57 Å². The second-order valence-electron chi connectivity index (χ2n) is 5.21. The van der Waals surface area contributed by atoms with Crippen LogP contribution >= 0.6 is 58.0 Å². The van der Waals surface area contributed by atoms with E-state index in [-0.39, 0.29) is 16.0 Å². The number of hydrogen-bond acceptors (Lipinski definition) is 4. The van der Waals surface area contributed by atoms with Gasteiger partial charge in [0.2, 0.25) is 0 Å². The zero-order valence-corrected chi connectivity index (χ0v) is 18.4. The Balaban J connectivity index is 1.85. The third-order valence-corrected chi connectivity index (χ3v) is 4.89. The summed E-state index contributed by atoms with van der Waals surface area (Å²) in [7, 11) is 0. The average molecular weight is 538 g/mol. The Morgan fingerprint density at radius 3 is 2.52 bits per heavy atom. The molecule has 0 saturated carbocycles. The zero-order valence-electron chi connectivity index (χ0n) is 13.9. The number of benzene rings is 2. The van der Waals surface area contributed by atoms with E-state index in [0.29, 0.717) is 16.3 Å². The molecule has 0 spiro atoms. The Labute approximate surface area is 185 Å². The molecule has 1 unspecified atom stereocenters. The van der Waals surface area contributed by atoms with Crippen molar-refractivity contribution in [3.05, 3.63) is 61.6 Å². The van der Waals surface area contributed by atoms with Crippen LogP contribution < -0.4 is 20.9 Å². The predicted octanol–water partition coefficient (Wildman–Crippen LogP) is 3.70. The molecule has 1 atom stereocenters. The van der Waals surface area contributed by atoms with Gasteiger partial charge in [-0.2, -0.15) is 0 Å². The van der Waals surface area contributed by atoms with Gasteiger partial charge in [-0.15, -0.1) is 0 Å². The summed E-state index contributed by atoms with van der Waals surface area (Å²) in [5.74, 6) is -0.578. The molecule has 0 aliphatic heterocycles. The highest BCUT2D eigenvalue weighted by molar-refractivity contribution is 14.1. The maximum atomic E-state index is 12.2. The van der Waals surface area contributed by atoms with Crippen molar-refractivity contribution in [2.45, 2.75) is 13.0 Å². The van der Waals surface area contributed by atoms with Gasteiger partial charge >= 0.3 is 0 Å². The smallest absolute Gasteiger partial charge is 0.270 e. The van der Waals surface area contributed by atoms with E-state index in [4.69, 9.17) is 40.2 Å². The van der Waals surface area contributed by atoms with Crippen molar-refractivity contribution >= 4 is 74.9 Å². The Bertz CT molecular complexity index is 882. The highest BCUT2D eigenvalue weighted by Crippen LogP contribution is 2.28. The molecule has 0 aromatic heterocycles. The molecule has 2 amide bonds. The average Bonchev–Trinajstić information content (AvgIpc) is 2.62. The van der Waals surface area contributed by atoms with Crippen LogP contribution in [0.15, 0.2) is 42.5 Å².